The highest BCUT2D eigenvalue weighted by Crippen LogP contribution is 2.21. The van der Waals surface area contributed by atoms with E-state index < -0.39 is 12.3 Å². The summed E-state index contributed by atoms with van der Waals surface area (Å²) in [6.45, 7) is 8.59. The molecular weight excluding hydrogens is 434 g/mol. The summed E-state index contributed by atoms with van der Waals surface area (Å²) in [6, 6.07) is -0.551. The van der Waals surface area contributed by atoms with E-state index in [0.717, 1.165) is 37.8 Å². The van der Waals surface area contributed by atoms with Crippen molar-refractivity contribution < 1.29 is 19.5 Å². The number of rotatable bonds is 15. The normalized spacial score (nSPS) is 19.1. The van der Waals surface area contributed by atoms with Gasteiger partial charge in [-0.25, -0.2) is 0 Å². The van der Waals surface area contributed by atoms with Gasteiger partial charge in [-0.2, -0.15) is 0 Å². The first-order valence-corrected chi connectivity index (χ1v) is 12.0. The highest BCUT2D eigenvalue weighted by molar-refractivity contribution is 5.81. The number of amides is 3. The van der Waals surface area contributed by atoms with E-state index in [0.29, 0.717) is 31.5 Å². The van der Waals surface area contributed by atoms with Crippen molar-refractivity contribution in [1.29, 1.82) is 0 Å². The van der Waals surface area contributed by atoms with Crippen LogP contribution in [0.1, 0.15) is 51.4 Å². The molecule has 9 nitrogen and oxygen atoms in total. The Morgan fingerprint density at radius 2 is 1.94 bits per heavy atom. The van der Waals surface area contributed by atoms with E-state index in [-0.39, 0.29) is 36.7 Å². The Morgan fingerprint density at radius 3 is 2.59 bits per heavy atom. The number of aliphatic hydroxyl groups is 1. The first kappa shape index (κ1) is 27.3. The Hall–Kier alpha value is -2.91. The molecule has 2 rings (SSSR count). The van der Waals surface area contributed by atoms with Crippen LogP contribution >= 0.6 is 0 Å². The summed E-state index contributed by atoms with van der Waals surface area (Å²) < 4.78 is 0. The summed E-state index contributed by atoms with van der Waals surface area (Å²) in [7, 11) is 0. The zero-order valence-corrected chi connectivity index (χ0v) is 19.9. The van der Waals surface area contributed by atoms with E-state index >= 15 is 0 Å². The van der Waals surface area contributed by atoms with E-state index in [1.807, 2.05) is 24.3 Å². The first-order valence-electron chi connectivity index (χ1n) is 12.0. The van der Waals surface area contributed by atoms with E-state index in [1.54, 1.807) is 4.90 Å². The monoisotopic (exact) mass is 473 g/mol. The second-order valence-corrected chi connectivity index (χ2v) is 8.87. The number of nitrogens with one attached hydrogen (secondary N) is 3. The number of hydrogen-bond acceptors (Lipinski definition) is 6. The number of aliphatic hydroxyl groups excluding tert-OH is 1. The van der Waals surface area contributed by atoms with Crippen molar-refractivity contribution in [3.8, 4) is 0 Å². The third kappa shape index (κ3) is 9.93. The Labute approximate surface area is 202 Å². The molecule has 1 aliphatic heterocycles. The number of carbonyl (C=O) groups is 3. The molecule has 1 saturated heterocycles. The zero-order chi connectivity index (χ0) is 24.9. The van der Waals surface area contributed by atoms with Gasteiger partial charge in [-0.05, 0) is 38.0 Å². The van der Waals surface area contributed by atoms with Gasteiger partial charge in [0.2, 0.25) is 17.7 Å². The van der Waals surface area contributed by atoms with Crippen molar-refractivity contribution in [2.45, 2.75) is 63.6 Å². The predicted molar refractivity (Wildman–Crippen MR) is 132 cm³/mol. The summed E-state index contributed by atoms with van der Waals surface area (Å²) in [6.07, 6.45) is 12.3. The molecule has 188 valence electrons. The highest BCUT2D eigenvalue weighted by atomic mass is 16.3. The molecule has 0 saturated carbocycles. The van der Waals surface area contributed by atoms with Gasteiger partial charge in [-0.1, -0.05) is 43.9 Å². The van der Waals surface area contributed by atoms with E-state index in [4.69, 9.17) is 5.73 Å². The SMILES string of the molecule is C=C(CNC(=O)CCCCCN1C(=C)CCC1=O)NCC(=O)N[C@@H](CC1C=CC=CC1)C(N)O. The molecule has 3 atom stereocenters. The van der Waals surface area contributed by atoms with Crippen molar-refractivity contribution >= 4 is 17.7 Å². The number of carbonyl (C=O) groups excluding carboxylic acids is 3. The van der Waals surface area contributed by atoms with Gasteiger partial charge in [0.1, 0.15) is 6.23 Å². The minimum Gasteiger partial charge on any atom is -0.379 e. The fraction of sp³-hybridized carbons (Fsp3) is 0.560. The van der Waals surface area contributed by atoms with Crippen molar-refractivity contribution in [2.24, 2.45) is 11.7 Å². The first-order chi connectivity index (χ1) is 16.3. The molecule has 34 heavy (non-hydrogen) atoms. The van der Waals surface area contributed by atoms with Crippen LogP contribution in [-0.4, -0.2) is 59.6 Å². The Morgan fingerprint density at radius 1 is 1.15 bits per heavy atom. The van der Waals surface area contributed by atoms with E-state index in [1.165, 1.54) is 0 Å². The molecule has 6 N–H and O–H groups in total. The Balaban J connectivity index is 1.54. The van der Waals surface area contributed by atoms with Gasteiger partial charge < -0.3 is 31.7 Å². The highest BCUT2D eigenvalue weighted by Gasteiger charge is 2.23. The molecule has 0 aromatic carbocycles. The second kappa shape index (κ2) is 14.4. The summed E-state index contributed by atoms with van der Waals surface area (Å²) in [5.74, 6) is -0.0452. The van der Waals surface area contributed by atoms with Crippen molar-refractivity contribution in [2.75, 3.05) is 19.6 Å². The van der Waals surface area contributed by atoms with Crippen LogP contribution in [0.4, 0.5) is 0 Å². The lowest BCUT2D eigenvalue weighted by atomic mass is 9.92. The van der Waals surface area contributed by atoms with Crippen LogP contribution in [0.15, 0.2) is 48.9 Å². The average Bonchev–Trinajstić information content (AvgIpc) is 3.13. The number of allylic oxidation sites excluding steroid dienone is 5. The summed E-state index contributed by atoms with van der Waals surface area (Å²) >= 11 is 0. The molecule has 1 heterocycles. The van der Waals surface area contributed by atoms with Crippen molar-refractivity contribution in [1.82, 2.24) is 20.9 Å². The summed E-state index contributed by atoms with van der Waals surface area (Å²) in [5, 5.41) is 18.2. The number of hydrogen-bond donors (Lipinski definition) is 5. The lowest BCUT2D eigenvalue weighted by molar-refractivity contribution is -0.127. The number of nitrogens with two attached hydrogens (primary N) is 1. The van der Waals surface area contributed by atoms with Crippen LogP contribution in [0.5, 0.6) is 0 Å². The van der Waals surface area contributed by atoms with Crippen LogP contribution < -0.4 is 21.7 Å². The van der Waals surface area contributed by atoms with Gasteiger partial charge in [0, 0.05) is 30.8 Å². The molecule has 0 aromatic heterocycles. The van der Waals surface area contributed by atoms with E-state index in [9.17, 15) is 19.5 Å². The molecule has 2 aliphatic rings. The quantitative estimate of drug-likeness (QED) is 0.179. The van der Waals surface area contributed by atoms with Gasteiger partial charge in [-0.15, -0.1) is 0 Å². The van der Waals surface area contributed by atoms with Gasteiger partial charge >= 0.3 is 0 Å². The van der Waals surface area contributed by atoms with Crippen LogP contribution in [0, 0.1) is 5.92 Å². The standard InChI is InChI=1S/C25H39N5O4/c1-18(16-28-22(31)11-7-4-8-14-30-19(2)12-13-24(30)33)27-17-23(32)29-21(25(26)34)15-20-9-5-3-6-10-20/h3,5-6,9,20-21,25,27,34H,1-2,4,7-8,10-17,26H2,(H,28,31)(H,29,32)/t20?,21-,25?/m0/s1. The van der Waals surface area contributed by atoms with Crippen molar-refractivity contribution in [3.63, 3.8) is 0 Å². The van der Waals surface area contributed by atoms with E-state index in [2.05, 4.69) is 29.1 Å². The largest absolute Gasteiger partial charge is 0.379 e. The summed E-state index contributed by atoms with van der Waals surface area (Å²) in [5.41, 5.74) is 7.03. The molecule has 3 amide bonds. The predicted octanol–water partition coefficient (Wildman–Crippen LogP) is 1.19. The molecule has 9 heteroatoms. The lowest BCUT2D eigenvalue weighted by Crippen LogP contribution is -2.50. The van der Waals surface area contributed by atoms with Gasteiger partial charge in [0.25, 0.3) is 0 Å². The zero-order valence-electron chi connectivity index (χ0n) is 19.9. The maximum absolute atomic E-state index is 12.3. The number of likely N-dealkylation sites (tertiary alicyclic amines) is 1. The number of unbranched alkanes of at least 4 members (excludes halogenated alkanes) is 2. The van der Waals surface area contributed by atoms with Gasteiger partial charge in [0.15, 0.2) is 0 Å². The van der Waals surface area contributed by atoms with Gasteiger partial charge in [-0.3, -0.25) is 14.4 Å². The molecule has 0 bridgehead atoms. The molecule has 1 fully saturated rings. The van der Waals surface area contributed by atoms with Crippen LogP contribution in [0.3, 0.4) is 0 Å². The molecule has 0 spiro atoms. The molecule has 2 unspecified atom stereocenters. The van der Waals surface area contributed by atoms with Crippen LogP contribution in [0.2, 0.25) is 0 Å². The van der Waals surface area contributed by atoms with Gasteiger partial charge in [0.05, 0.1) is 19.1 Å². The maximum atomic E-state index is 12.3. The fourth-order valence-electron chi connectivity index (χ4n) is 3.95. The second-order valence-electron chi connectivity index (χ2n) is 8.87. The minimum atomic E-state index is -1.15. The maximum Gasteiger partial charge on any atom is 0.239 e. The third-order valence-corrected chi connectivity index (χ3v) is 5.98. The molecule has 0 aromatic rings. The third-order valence-electron chi connectivity index (χ3n) is 5.98. The Bertz CT molecular complexity index is 789. The smallest absolute Gasteiger partial charge is 0.239 e. The molecule has 0 radical (unpaired) electrons. The Kier molecular flexibility index (Phi) is 11.6. The molecular formula is C25H39N5O4. The van der Waals surface area contributed by atoms with Crippen LogP contribution in [0.25, 0.3) is 0 Å². The van der Waals surface area contributed by atoms with Crippen molar-refractivity contribution in [3.05, 3.63) is 48.9 Å². The topological polar surface area (TPSA) is 137 Å². The average molecular weight is 474 g/mol. The van der Waals surface area contributed by atoms with Crippen LogP contribution in [-0.2, 0) is 14.4 Å². The summed E-state index contributed by atoms with van der Waals surface area (Å²) in [4.78, 5) is 37.7. The fourth-order valence-corrected chi connectivity index (χ4v) is 3.95. The number of nitrogens with zero attached hydrogens (tertiary/aromatic N) is 1. The molecule has 1 aliphatic carbocycles. The minimum absolute atomic E-state index is 0.0289. The lowest BCUT2D eigenvalue weighted by Gasteiger charge is -2.25.